The van der Waals surface area contributed by atoms with Crippen molar-refractivity contribution in [1.29, 1.82) is 0 Å². The lowest BCUT2D eigenvalue weighted by molar-refractivity contribution is 0.0294. The van der Waals surface area contributed by atoms with Crippen LogP contribution in [0.1, 0.15) is 45.6 Å². The molecule has 0 bridgehead atoms. The molecule has 3 aromatic rings. The number of aromatic nitrogens is 2. The first kappa shape index (κ1) is 28.1. The molecule has 5 atom stereocenters. The first-order chi connectivity index (χ1) is 18.6. The summed E-state index contributed by atoms with van der Waals surface area (Å²) in [5.74, 6) is -0.141. The summed E-state index contributed by atoms with van der Waals surface area (Å²) in [5, 5.41) is 30.1. The van der Waals surface area contributed by atoms with Gasteiger partial charge in [-0.25, -0.2) is 9.97 Å². The molecule has 5 N–H and O–H groups in total. The minimum absolute atomic E-state index is 0.0273. The standard InChI is InChI=1S/C25H28ClN5O6S2/c1-37-39(35,36)31-19-10-18(22(33)23(19)34)30-24-17(11-27-13-28-24)21(32)20-9-15(12-38-20)25(6-3-7-29-25)14-4-2-5-16(26)8-14/h2,4-5,8-9,11-13,18-19,22-23,29,31,33-34H,3,6-7,10H2,1H3,(H,27,28,30)/t18-,19-,22+,23-,25+/m1/s1. The molecule has 1 saturated carbocycles. The Kier molecular flexibility index (Phi) is 8.04. The van der Waals surface area contributed by atoms with Gasteiger partial charge in [-0.1, -0.05) is 23.7 Å². The van der Waals surface area contributed by atoms with Crippen LogP contribution in [0.2, 0.25) is 5.02 Å². The van der Waals surface area contributed by atoms with Crippen LogP contribution in [-0.4, -0.2) is 72.3 Å². The molecule has 1 aliphatic carbocycles. The second-order valence-corrected chi connectivity index (χ2v) is 12.4. The van der Waals surface area contributed by atoms with Crippen LogP contribution in [0.15, 0.2) is 48.2 Å². The molecule has 39 heavy (non-hydrogen) atoms. The smallest absolute Gasteiger partial charge is 0.335 e. The SMILES string of the molecule is COS(=O)(=O)N[C@@H]1C[C@@H](Nc2ncncc2C(=O)c2cc([C@@]3(c4cccc(Cl)c4)CCCN3)cs2)[C@H](O)[C@@H]1O. The zero-order valence-corrected chi connectivity index (χ0v) is 23.3. The van der Waals surface area contributed by atoms with Crippen LogP contribution in [0.25, 0.3) is 0 Å². The number of carbonyl (C=O) groups excluding carboxylic acids is 1. The maximum Gasteiger partial charge on any atom is 0.335 e. The fourth-order valence-electron chi connectivity index (χ4n) is 5.28. The van der Waals surface area contributed by atoms with E-state index in [1.807, 2.05) is 35.7 Å². The van der Waals surface area contributed by atoms with Crippen molar-refractivity contribution in [2.24, 2.45) is 0 Å². The van der Waals surface area contributed by atoms with Gasteiger partial charge in [-0.05, 0) is 60.5 Å². The molecule has 14 heteroatoms. The number of hydrogen-bond donors (Lipinski definition) is 5. The predicted molar refractivity (Wildman–Crippen MR) is 146 cm³/mol. The van der Waals surface area contributed by atoms with Crippen LogP contribution < -0.4 is 15.4 Å². The van der Waals surface area contributed by atoms with E-state index in [2.05, 4.69) is 29.5 Å². The average molecular weight is 594 g/mol. The molecule has 1 aliphatic heterocycles. The van der Waals surface area contributed by atoms with E-state index in [4.69, 9.17) is 11.6 Å². The van der Waals surface area contributed by atoms with Crippen molar-refractivity contribution in [2.45, 2.75) is 49.1 Å². The third kappa shape index (κ3) is 5.58. The fraction of sp³-hybridized carbons (Fsp3) is 0.400. The minimum atomic E-state index is -4.09. The van der Waals surface area contributed by atoms with E-state index in [0.29, 0.717) is 9.90 Å². The van der Waals surface area contributed by atoms with Gasteiger partial charge in [-0.3, -0.25) is 8.98 Å². The van der Waals surface area contributed by atoms with Crippen molar-refractivity contribution < 1.29 is 27.6 Å². The number of anilines is 1. The number of aliphatic hydroxyl groups excluding tert-OH is 2. The number of hydrogen-bond acceptors (Lipinski definition) is 11. The number of ketones is 1. The van der Waals surface area contributed by atoms with Crippen LogP contribution in [0.5, 0.6) is 0 Å². The summed E-state index contributed by atoms with van der Waals surface area (Å²) in [5.41, 5.74) is 1.72. The minimum Gasteiger partial charge on any atom is -0.389 e. The zero-order valence-electron chi connectivity index (χ0n) is 20.9. The van der Waals surface area contributed by atoms with Gasteiger partial charge >= 0.3 is 10.3 Å². The van der Waals surface area contributed by atoms with Crippen molar-refractivity contribution in [1.82, 2.24) is 20.0 Å². The number of rotatable bonds is 9. The van der Waals surface area contributed by atoms with Gasteiger partial charge in [-0.15, -0.1) is 11.3 Å². The quantitative estimate of drug-likeness (QED) is 0.231. The van der Waals surface area contributed by atoms with Crippen LogP contribution in [0.4, 0.5) is 5.82 Å². The molecule has 0 amide bonds. The molecule has 1 aromatic carbocycles. The summed E-state index contributed by atoms with van der Waals surface area (Å²) < 4.78 is 30.1. The topological polar surface area (TPSA) is 163 Å². The van der Waals surface area contributed by atoms with E-state index in [0.717, 1.165) is 37.6 Å². The number of halogens is 1. The summed E-state index contributed by atoms with van der Waals surface area (Å²) in [4.78, 5) is 22.3. The monoisotopic (exact) mass is 593 g/mol. The average Bonchev–Trinajstić information content (AvgIpc) is 3.67. The third-order valence-corrected chi connectivity index (χ3v) is 9.46. The molecule has 5 rings (SSSR count). The highest BCUT2D eigenvalue weighted by Gasteiger charge is 2.44. The highest BCUT2D eigenvalue weighted by atomic mass is 35.5. The Morgan fingerprint density at radius 3 is 2.74 bits per heavy atom. The van der Waals surface area contributed by atoms with Crippen molar-refractivity contribution in [3.8, 4) is 0 Å². The Morgan fingerprint density at radius 2 is 2.03 bits per heavy atom. The number of nitrogens with zero attached hydrogens (tertiary/aromatic N) is 2. The van der Waals surface area contributed by atoms with Gasteiger partial charge in [0, 0.05) is 11.2 Å². The van der Waals surface area contributed by atoms with Gasteiger partial charge in [0.05, 0.1) is 41.3 Å². The number of carbonyl (C=O) groups is 1. The summed E-state index contributed by atoms with van der Waals surface area (Å²) in [6, 6.07) is 7.78. The molecule has 11 nitrogen and oxygen atoms in total. The molecular weight excluding hydrogens is 566 g/mol. The summed E-state index contributed by atoms with van der Waals surface area (Å²) >= 11 is 7.60. The van der Waals surface area contributed by atoms with E-state index >= 15 is 0 Å². The van der Waals surface area contributed by atoms with Gasteiger partial charge in [0.2, 0.25) is 5.78 Å². The van der Waals surface area contributed by atoms with Gasteiger partial charge < -0.3 is 20.8 Å². The third-order valence-electron chi connectivity index (χ3n) is 7.27. The van der Waals surface area contributed by atoms with Gasteiger partial charge in [0.25, 0.3) is 0 Å². The summed E-state index contributed by atoms with van der Waals surface area (Å²) in [6.07, 6.45) is 1.79. The van der Waals surface area contributed by atoms with Crippen LogP contribution in [-0.2, 0) is 20.0 Å². The number of benzene rings is 1. The first-order valence-corrected chi connectivity index (χ1v) is 15.0. The van der Waals surface area contributed by atoms with E-state index in [1.165, 1.54) is 23.9 Å². The van der Waals surface area contributed by atoms with Gasteiger partial charge in [0.15, 0.2) is 0 Å². The van der Waals surface area contributed by atoms with Crippen LogP contribution >= 0.6 is 22.9 Å². The largest absolute Gasteiger partial charge is 0.389 e. The normalized spacial score (nSPS) is 27.1. The lowest BCUT2D eigenvalue weighted by Gasteiger charge is -2.30. The number of aliphatic hydroxyl groups is 2. The molecule has 0 spiro atoms. The number of nitrogens with one attached hydrogen (secondary N) is 3. The predicted octanol–water partition coefficient (Wildman–Crippen LogP) is 1.80. The van der Waals surface area contributed by atoms with Crippen molar-refractivity contribution in [2.75, 3.05) is 19.0 Å². The molecule has 2 aliphatic rings. The molecule has 3 heterocycles. The highest BCUT2D eigenvalue weighted by molar-refractivity contribution is 7.84. The van der Waals surface area contributed by atoms with Crippen molar-refractivity contribution in [3.05, 3.63) is 74.8 Å². The van der Waals surface area contributed by atoms with E-state index in [-0.39, 0.29) is 23.6 Å². The lowest BCUT2D eigenvalue weighted by Crippen LogP contribution is -2.43. The Balaban J connectivity index is 1.39. The van der Waals surface area contributed by atoms with E-state index in [1.54, 1.807) is 0 Å². The molecule has 0 radical (unpaired) electrons. The molecule has 2 aromatic heterocycles. The molecular formula is C25H28ClN5O6S2. The van der Waals surface area contributed by atoms with Crippen molar-refractivity contribution >= 4 is 44.8 Å². The zero-order chi connectivity index (χ0) is 27.8. The summed E-state index contributed by atoms with van der Waals surface area (Å²) in [7, 11) is -3.10. The Morgan fingerprint density at radius 1 is 1.23 bits per heavy atom. The van der Waals surface area contributed by atoms with Crippen molar-refractivity contribution in [3.63, 3.8) is 0 Å². The second kappa shape index (κ2) is 11.2. The molecule has 2 fully saturated rings. The maximum atomic E-state index is 13.6. The molecule has 0 unspecified atom stereocenters. The van der Waals surface area contributed by atoms with Gasteiger partial charge in [-0.2, -0.15) is 13.1 Å². The Labute approximate surface area is 234 Å². The highest BCUT2D eigenvalue weighted by Crippen LogP contribution is 2.41. The molecule has 1 saturated heterocycles. The van der Waals surface area contributed by atoms with E-state index < -0.39 is 40.1 Å². The second-order valence-electron chi connectivity index (χ2n) is 9.57. The van der Waals surface area contributed by atoms with E-state index in [9.17, 15) is 23.4 Å². The maximum absolute atomic E-state index is 13.6. The first-order valence-electron chi connectivity index (χ1n) is 12.3. The molecule has 208 valence electrons. The van der Waals surface area contributed by atoms with Crippen LogP contribution in [0.3, 0.4) is 0 Å². The fourth-order valence-corrected chi connectivity index (χ4v) is 7.11. The number of thiophene rings is 1. The van der Waals surface area contributed by atoms with Crippen LogP contribution in [0, 0.1) is 0 Å². The Hall–Kier alpha value is -2.49. The summed E-state index contributed by atoms with van der Waals surface area (Å²) in [6.45, 7) is 0.837. The Bertz CT molecular complexity index is 1460. The van der Waals surface area contributed by atoms with Gasteiger partial charge in [0.1, 0.15) is 18.2 Å². The lowest BCUT2D eigenvalue weighted by atomic mass is 9.83.